The van der Waals surface area contributed by atoms with Crippen LogP contribution in [0.3, 0.4) is 0 Å². The van der Waals surface area contributed by atoms with Gasteiger partial charge >= 0.3 is 5.97 Å². The predicted molar refractivity (Wildman–Crippen MR) is 73.3 cm³/mol. The fraction of sp³-hybridized carbons (Fsp3) is 0.533. The van der Waals surface area contributed by atoms with Gasteiger partial charge in [0.15, 0.2) is 0 Å². The first-order chi connectivity index (χ1) is 9.16. The van der Waals surface area contributed by atoms with Gasteiger partial charge in [-0.05, 0) is 57.7 Å². The molecule has 1 aliphatic carbocycles. The zero-order valence-corrected chi connectivity index (χ0v) is 11.3. The molecule has 2 rings (SSSR count). The number of carboxylic acids is 1. The monoisotopic (exact) mass is 263 g/mol. The van der Waals surface area contributed by atoms with E-state index in [2.05, 4.69) is 11.4 Å². The molecule has 1 aromatic rings. The quantitative estimate of drug-likeness (QED) is 0.771. The molecule has 1 unspecified atom stereocenters. The summed E-state index contributed by atoms with van der Waals surface area (Å²) >= 11 is 0. The molecule has 0 amide bonds. The normalized spacial score (nSPS) is 17.0. The molecule has 4 nitrogen and oxygen atoms in total. The minimum Gasteiger partial charge on any atom is -0.475 e. The van der Waals surface area contributed by atoms with Crippen LogP contribution in [0.1, 0.15) is 61.4 Å². The van der Waals surface area contributed by atoms with Crippen molar-refractivity contribution < 1.29 is 14.3 Å². The van der Waals surface area contributed by atoms with E-state index in [0.29, 0.717) is 5.76 Å². The maximum absolute atomic E-state index is 10.7. The van der Waals surface area contributed by atoms with Gasteiger partial charge < -0.3 is 14.8 Å². The summed E-state index contributed by atoms with van der Waals surface area (Å²) in [4.78, 5) is 10.7. The Morgan fingerprint density at radius 1 is 1.47 bits per heavy atom. The maximum atomic E-state index is 10.7. The van der Waals surface area contributed by atoms with Gasteiger partial charge in [0.05, 0.1) is 6.04 Å². The SMILES string of the molecule is CC(NCCC1=CCCCC1)c1ccc(C(=O)O)o1. The Morgan fingerprint density at radius 3 is 2.95 bits per heavy atom. The highest BCUT2D eigenvalue weighted by molar-refractivity contribution is 5.84. The third-order valence-electron chi connectivity index (χ3n) is 3.55. The fourth-order valence-corrected chi connectivity index (χ4v) is 2.38. The molecule has 1 heterocycles. The van der Waals surface area contributed by atoms with E-state index in [1.54, 1.807) is 6.07 Å². The number of carbonyl (C=O) groups is 1. The van der Waals surface area contributed by atoms with E-state index < -0.39 is 5.97 Å². The van der Waals surface area contributed by atoms with Crippen molar-refractivity contribution in [1.29, 1.82) is 0 Å². The number of hydrogen-bond donors (Lipinski definition) is 2. The molecule has 0 spiro atoms. The van der Waals surface area contributed by atoms with Crippen molar-refractivity contribution in [2.75, 3.05) is 6.54 Å². The van der Waals surface area contributed by atoms with Gasteiger partial charge in [0.25, 0.3) is 0 Å². The van der Waals surface area contributed by atoms with E-state index in [4.69, 9.17) is 9.52 Å². The molecule has 1 aliphatic rings. The standard InChI is InChI=1S/C15H21NO3/c1-11(13-7-8-14(19-13)15(17)18)16-10-9-12-5-3-2-4-6-12/h5,7-8,11,16H,2-4,6,9-10H2,1H3,(H,17,18). The highest BCUT2D eigenvalue weighted by Gasteiger charge is 2.13. The third kappa shape index (κ3) is 3.96. The van der Waals surface area contributed by atoms with Crippen molar-refractivity contribution in [3.63, 3.8) is 0 Å². The average molecular weight is 263 g/mol. The number of rotatable bonds is 6. The lowest BCUT2D eigenvalue weighted by molar-refractivity contribution is 0.0659. The lowest BCUT2D eigenvalue weighted by atomic mass is 9.97. The zero-order chi connectivity index (χ0) is 13.7. The minimum absolute atomic E-state index is 0.00126. The van der Waals surface area contributed by atoms with Crippen LogP contribution in [-0.4, -0.2) is 17.6 Å². The summed E-state index contributed by atoms with van der Waals surface area (Å²) in [5.74, 6) is -0.348. The molecule has 0 aromatic carbocycles. The van der Waals surface area contributed by atoms with Crippen LogP contribution in [0.5, 0.6) is 0 Å². The summed E-state index contributed by atoms with van der Waals surface area (Å²) in [6.45, 7) is 2.88. The van der Waals surface area contributed by atoms with Crippen LogP contribution in [0, 0.1) is 0 Å². The van der Waals surface area contributed by atoms with Gasteiger partial charge in [-0.15, -0.1) is 0 Å². The highest BCUT2D eigenvalue weighted by atomic mass is 16.4. The van der Waals surface area contributed by atoms with Gasteiger partial charge in [-0.25, -0.2) is 4.79 Å². The van der Waals surface area contributed by atoms with Gasteiger partial charge in [-0.2, -0.15) is 0 Å². The lowest BCUT2D eigenvalue weighted by Gasteiger charge is -2.15. The molecule has 104 valence electrons. The van der Waals surface area contributed by atoms with E-state index in [-0.39, 0.29) is 11.8 Å². The van der Waals surface area contributed by atoms with Crippen molar-refractivity contribution in [1.82, 2.24) is 5.32 Å². The molecule has 4 heteroatoms. The van der Waals surface area contributed by atoms with Gasteiger partial charge in [-0.3, -0.25) is 0 Å². The summed E-state index contributed by atoms with van der Waals surface area (Å²) in [6, 6.07) is 3.26. The molecule has 2 N–H and O–H groups in total. The topological polar surface area (TPSA) is 62.5 Å². The summed E-state index contributed by atoms with van der Waals surface area (Å²) in [5, 5.41) is 12.2. The predicted octanol–water partition coefficient (Wildman–Crippen LogP) is 3.52. The van der Waals surface area contributed by atoms with Crippen molar-refractivity contribution >= 4 is 5.97 Å². The molecule has 0 fully saturated rings. The molecule has 0 saturated heterocycles. The van der Waals surface area contributed by atoms with Crippen molar-refractivity contribution in [3.8, 4) is 0 Å². The molecule has 0 aliphatic heterocycles. The summed E-state index contributed by atoms with van der Waals surface area (Å²) in [7, 11) is 0. The minimum atomic E-state index is -1.02. The zero-order valence-electron chi connectivity index (χ0n) is 11.3. The van der Waals surface area contributed by atoms with Gasteiger partial charge in [0.1, 0.15) is 5.76 Å². The number of carboxylic acid groups (broad SMARTS) is 1. The summed E-state index contributed by atoms with van der Waals surface area (Å²) in [5.41, 5.74) is 1.54. The molecule has 1 aromatic heterocycles. The Hall–Kier alpha value is -1.55. The summed E-state index contributed by atoms with van der Waals surface area (Å²) in [6.07, 6.45) is 8.48. The van der Waals surface area contributed by atoms with E-state index >= 15 is 0 Å². The third-order valence-corrected chi connectivity index (χ3v) is 3.55. The second kappa shape index (κ2) is 6.57. The van der Waals surface area contributed by atoms with Crippen LogP contribution >= 0.6 is 0 Å². The Bertz CT molecular complexity index is 462. The second-order valence-corrected chi connectivity index (χ2v) is 5.04. The van der Waals surface area contributed by atoms with Crippen molar-refractivity contribution in [3.05, 3.63) is 35.3 Å². The van der Waals surface area contributed by atoms with Crippen LogP contribution in [0.4, 0.5) is 0 Å². The Labute approximate surface area is 113 Å². The maximum Gasteiger partial charge on any atom is 0.371 e. The van der Waals surface area contributed by atoms with E-state index in [1.165, 1.54) is 37.3 Å². The Kier molecular flexibility index (Phi) is 4.80. The van der Waals surface area contributed by atoms with Crippen LogP contribution < -0.4 is 5.32 Å². The molecule has 0 bridgehead atoms. The first-order valence-corrected chi connectivity index (χ1v) is 6.91. The number of allylic oxidation sites excluding steroid dienone is 1. The number of furan rings is 1. The van der Waals surface area contributed by atoms with Crippen LogP contribution in [0.15, 0.2) is 28.2 Å². The average Bonchev–Trinajstić information content (AvgIpc) is 2.89. The van der Waals surface area contributed by atoms with E-state index in [1.807, 2.05) is 6.92 Å². The lowest BCUT2D eigenvalue weighted by Crippen LogP contribution is -2.20. The Balaban J connectivity index is 1.78. The summed E-state index contributed by atoms with van der Waals surface area (Å²) < 4.78 is 5.27. The van der Waals surface area contributed by atoms with E-state index in [0.717, 1.165) is 13.0 Å². The first-order valence-electron chi connectivity index (χ1n) is 6.91. The van der Waals surface area contributed by atoms with Crippen molar-refractivity contribution in [2.24, 2.45) is 0 Å². The second-order valence-electron chi connectivity index (χ2n) is 5.04. The molecular formula is C15H21NO3. The van der Waals surface area contributed by atoms with Crippen LogP contribution in [-0.2, 0) is 0 Å². The van der Waals surface area contributed by atoms with Crippen LogP contribution in [0.25, 0.3) is 0 Å². The van der Waals surface area contributed by atoms with E-state index in [9.17, 15) is 4.79 Å². The molecular weight excluding hydrogens is 242 g/mol. The fourth-order valence-electron chi connectivity index (χ4n) is 2.38. The van der Waals surface area contributed by atoms with Gasteiger partial charge in [0.2, 0.25) is 5.76 Å². The van der Waals surface area contributed by atoms with Crippen LogP contribution in [0.2, 0.25) is 0 Å². The number of aromatic carboxylic acids is 1. The molecule has 0 saturated carbocycles. The first kappa shape index (κ1) is 13.9. The number of nitrogens with one attached hydrogen (secondary N) is 1. The van der Waals surface area contributed by atoms with Gasteiger partial charge in [0, 0.05) is 0 Å². The molecule has 0 radical (unpaired) electrons. The molecule has 19 heavy (non-hydrogen) atoms. The van der Waals surface area contributed by atoms with Gasteiger partial charge in [-0.1, -0.05) is 11.6 Å². The largest absolute Gasteiger partial charge is 0.475 e. The smallest absolute Gasteiger partial charge is 0.371 e. The van der Waals surface area contributed by atoms with Crippen molar-refractivity contribution in [2.45, 2.75) is 45.1 Å². The highest BCUT2D eigenvalue weighted by Crippen LogP contribution is 2.20. The molecule has 1 atom stereocenters. The Morgan fingerprint density at radius 2 is 2.32 bits per heavy atom. The number of hydrogen-bond acceptors (Lipinski definition) is 3.